The number of urea groups is 1. The first-order valence-electron chi connectivity index (χ1n) is 7.75. The molecule has 3 heterocycles. The molecule has 0 spiro atoms. The average molecular weight is 356 g/mol. The fourth-order valence-corrected chi connectivity index (χ4v) is 3.30. The summed E-state index contributed by atoms with van der Waals surface area (Å²) in [7, 11) is 1.47. The summed E-state index contributed by atoms with van der Waals surface area (Å²) in [4.78, 5) is 38.7. The lowest BCUT2D eigenvalue weighted by Crippen LogP contribution is -2.62. The fourth-order valence-electron chi connectivity index (χ4n) is 3.30. The molecular weight excluding hydrogens is 336 g/mol. The van der Waals surface area contributed by atoms with Crippen molar-refractivity contribution < 1.29 is 24.1 Å². The molecule has 2 amide bonds. The van der Waals surface area contributed by atoms with Crippen molar-refractivity contribution >= 4 is 6.03 Å². The molecule has 138 valence electrons. The fraction of sp³-hybridized carbons (Fsp3) is 0.643. The van der Waals surface area contributed by atoms with Crippen LogP contribution in [0.5, 0.6) is 0 Å². The minimum Gasteiger partial charge on any atom is -0.388 e. The number of nitrogens with one attached hydrogen (secondary N) is 3. The Morgan fingerprint density at radius 3 is 2.88 bits per heavy atom. The van der Waals surface area contributed by atoms with Crippen LogP contribution in [0.1, 0.15) is 5.56 Å². The van der Waals surface area contributed by atoms with E-state index in [1.807, 2.05) is 0 Å². The van der Waals surface area contributed by atoms with Crippen LogP contribution in [0.2, 0.25) is 0 Å². The molecule has 2 aliphatic rings. The first-order chi connectivity index (χ1) is 11.9. The number of hydrogen-bond acceptors (Lipinski definition) is 7. The summed E-state index contributed by atoms with van der Waals surface area (Å²) in [5.74, 6) is 0. The van der Waals surface area contributed by atoms with Crippen LogP contribution in [-0.4, -0.2) is 71.4 Å². The molecule has 3 rings (SSSR count). The number of nitrogens with two attached hydrogens (primary N) is 1. The highest BCUT2D eigenvalue weighted by molar-refractivity contribution is 5.72. The number of aliphatic hydroxyl groups is 1. The molecule has 0 aliphatic carbocycles. The predicted octanol–water partition coefficient (Wildman–Crippen LogP) is -2.82. The summed E-state index contributed by atoms with van der Waals surface area (Å²) >= 11 is 0. The largest absolute Gasteiger partial charge is 0.388 e. The molecule has 11 nitrogen and oxygen atoms in total. The van der Waals surface area contributed by atoms with E-state index in [-0.39, 0.29) is 18.6 Å². The van der Waals surface area contributed by atoms with Crippen molar-refractivity contribution in [2.24, 2.45) is 5.73 Å². The van der Waals surface area contributed by atoms with E-state index in [0.717, 1.165) is 0 Å². The maximum Gasteiger partial charge on any atom is 0.325 e. The average Bonchev–Trinajstić information content (AvgIpc) is 2.87. The summed E-state index contributed by atoms with van der Waals surface area (Å²) in [5.41, 5.74) is 4.28. The molecule has 6 N–H and O–H groups in total. The van der Waals surface area contributed by atoms with Crippen molar-refractivity contribution in [3.63, 3.8) is 0 Å². The van der Waals surface area contributed by atoms with Gasteiger partial charge in [0.15, 0.2) is 0 Å². The number of aromatic amines is 2. The van der Waals surface area contributed by atoms with Crippen LogP contribution in [0, 0.1) is 0 Å². The van der Waals surface area contributed by atoms with Gasteiger partial charge in [-0.05, 0) is 0 Å². The first kappa shape index (κ1) is 17.6. The Bertz CT molecular complexity index is 747. The van der Waals surface area contributed by atoms with Gasteiger partial charge in [0, 0.05) is 25.3 Å². The maximum absolute atomic E-state index is 11.8. The van der Waals surface area contributed by atoms with Crippen molar-refractivity contribution in [1.29, 1.82) is 0 Å². The quantitative estimate of drug-likeness (QED) is 0.387. The van der Waals surface area contributed by atoms with Gasteiger partial charge in [-0.1, -0.05) is 0 Å². The summed E-state index contributed by atoms with van der Waals surface area (Å²) in [6.07, 6.45) is -2.32. The Balaban J connectivity index is 1.80. The summed E-state index contributed by atoms with van der Waals surface area (Å²) < 4.78 is 16.7. The third-order valence-electron chi connectivity index (χ3n) is 4.51. The molecule has 25 heavy (non-hydrogen) atoms. The Hall–Kier alpha value is -2.21. The van der Waals surface area contributed by atoms with Crippen LogP contribution in [0.25, 0.3) is 0 Å². The van der Waals surface area contributed by atoms with Crippen LogP contribution in [0.15, 0.2) is 15.8 Å². The van der Waals surface area contributed by atoms with E-state index < -0.39 is 53.8 Å². The van der Waals surface area contributed by atoms with E-state index in [9.17, 15) is 19.5 Å². The molecule has 0 unspecified atom stereocenters. The number of fused-ring (bicyclic) bond motifs is 1. The number of hydrogen-bond donors (Lipinski definition) is 5. The number of H-pyrrole nitrogens is 2. The molecular formula is C14H20N4O7. The van der Waals surface area contributed by atoms with Crippen molar-refractivity contribution in [3.05, 3.63) is 32.6 Å². The molecule has 0 radical (unpaired) electrons. The van der Waals surface area contributed by atoms with Gasteiger partial charge in [-0.15, -0.1) is 0 Å². The number of carbonyl (C=O) groups is 1. The second-order valence-electron chi connectivity index (χ2n) is 6.04. The van der Waals surface area contributed by atoms with Gasteiger partial charge < -0.3 is 35.4 Å². The number of amides is 2. The van der Waals surface area contributed by atoms with E-state index in [4.69, 9.17) is 19.9 Å². The number of ether oxygens (including phenoxy) is 3. The monoisotopic (exact) mass is 356 g/mol. The highest BCUT2D eigenvalue weighted by Gasteiger charge is 2.53. The zero-order chi connectivity index (χ0) is 18.1. The molecule has 11 heteroatoms. The van der Waals surface area contributed by atoms with Gasteiger partial charge in [0.05, 0.1) is 18.8 Å². The molecule has 0 saturated carbocycles. The summed E-state index contributed by atoms with van der Waals surface area (Å²) in [6, 6.07) is -1.35. The number of primary amides is 1. The Morgan fingerprint density at radius 2 is 2.24 bits per heavy atom. The zero-order valence-corrected chi connectivity index (χ0v) is 13.4. The maximum atomic E-state index is 11.8. The number of carbonyl (C=O) groups excluding carboxylic acids is 1. The summed E-state index contributed by atoms with van der Waals surface area (Å²) in [6.45, 7) is 0.148. The molecule has 1 aromatic heterocycles. The number of aromatic nitrogens is 2. The Morgan fingerprint density at radius 1 is 1.48 bits per heavy atom. The molecule has 2 saturated heterocycles. The van der Waals surface area contributed by atoms with Gasteiger partial charge in [-0.3, -0.25) is 9.78 Å². The molecule has 0 aromatic carbocycles. The molecule has 0 bridgehead atoms. The smallest absolute Gasteiger partial charge is 0.325 e. The van der Waals surface area contributed by atoms with Crippen molar-refractivity contribution in [3.8, 4) is 0 Å². The predicted molar refractivity (Wildman–Crippen MR) is 83.1 cm³/mol. The first-order valence-corrected chi connectivity index (χ1v) is 7.75. The molecule has 2 fully saturated rings. The highest BCUT2D eigenvalue weighted by Crippen LogP contribution is 2.32. The highest BCUT2D eigenvalue weighted by atomic mass is 16.6. The SMILES string of the molecule is CO[C@@H]1CO[C@H]2[C@@H](O)[C@H](Cc3c[nH]c(=O)[nH]c3=O)O[C@@H]2[C@@H]1NC(N)=O. The lowest BCUT2D eigenvalue weighted by molar-refractivity contribution is -0.143. The lowest BCUT2D eigenvalue weighted by Gasteiger charge is -2.38. The number of rotatable bonds is 4. The van der Waals surface area contributed by atoms with Gasteiger partial charge >= 0.3 is 11.7 Å². The topological polar surface area (TPSA) is 169 Å². The normalized spacial score (nSPS) is 34.5. The number of aliphatic hydroxyl groups excluding tert-OH is 1. The number of methoxy groups -OCH3 is 1. The van der Waals surface area contributed by atoms with E-state index in [2.05, 4.69) is 15.3 Å². The second-order valence-corrected chi connectivity index (χ2v) is 6.04. The van der Waals surface area contributed by atoms with Gasteiger partial charge in [-0.2, -0.15) is 0 Å². The third-order valence-corrected chi connectivity index (χ3v) is 4.51. The van der Waals surface area contributed by atoms with Gasteiger partial charge in [-0.25, -0.2) is 9.59 Å². The molecule has 1 aromatic rings. The Kier molecular flexibility index (Phi) is 4.90. The molecule has 2 aliphatic heterocycles. The minimum absolute atomic E-state index is 0.0601. The van der Waals surface area contributed by atoms with Gasteiger partial charge in [0.25, 0.3) is 5.56 Å². The van der Waals surface area contributed by atoms with Crippen LogP contribution < -0.4 is 22.3 Å². The van der Waals surface area contributed by atoms with Crippen LogP contribution in [-0.2, 0) is 20.6 Å². The minimum atomic E-state index is -1.02. The van der Waals surface area contributed by atoms with Crippen molar-refractivity contribution in [1.82, 2.24) is 15.3 Å². The van der Waals surface area contributed by atoms with Crippen LogP contribution >= 0.6 is 0 Å². The van der Waals surface area contributed by atoms with Crippen molar-refractivity contribution in [2.75, 3.05) is 13.7 Å². The van der Waals surface area contributed by atoms with E-state index in [1.165, 1.54) is 13.3 Å². The third kappa shape index (κ3) is 3.44. The Labute approximate surface area is 141 Å². The standard InChI is InChI=1S/C14H20N4O7/c1-23-7-4-24-11-9(19)6(25-10(11)8(7)17-13(15)21)2-5-3-16-14(22)18-12(5)20/h3,6-11,19H,2,4H2,1H3,(H3,15,17,21)(H2,16,18,20,22)/t6-,7+,8+,9-,10+,11-/m0/s1. The van der Waals surface area contributed by atoms with Crippen LogP contribution in [0.3, 0.4) is 0 Å². The zero-order valence-electron chi connectivity index (χ0n) is 13.4. The van der Waals surface area contributed by atoms with E-state index >= 15 is 0 Å². The summed E-state index contributed by atoms with van der Waals surface area (Å²) in [5, 5.41) is 13.0. The van der Waals surface area contributed by atoms with Gasteiger partial charge in [0.1, 0.15) is 24.4 Å². The van der Waals surface area contributed by atoms with Crippen LogP contribution in [0.4, 0.5) is 4.79 Å². The van der Waals surface area contributed by atoms with E-state index in [1.54, 1.807) is 0 Å². The lowest BCUT2D eigenvalue weighted by atomic mass is 9.94. The second kappa shape index (κ2) is 6.96. The van der Waals surface area contributed by atoms with Gasteiger partial charge in [0.2, 0.25) is 0 Å². The molecule has 6 atom stereocenters. The van der Waals surface area contributed by atoms with Crippen molar-refractivity contribution in [2.45, 2.75) is 43.0 Å². The van der Waals surface area contributed by atoms with E-state index in [0.29, 0.717) is 0 Å².